The Hall–Kier alpha value is -2.56. The van der Waals surface area contributed by atoms with Crippen LogP contribution in [0.3, 0.4) is 0 Å². The standard InChI is InChI=1S/C16H15N3O2/c20-16(15-6-3-9-21-15)18-8-7-12(10-18)19-11-17-13-4-1-2-5-14(13)19/h1-6,9,11-12H,7-8,10H2. The molecule has 4 rings (SSSR count). The number of rotatable bonds is 2. The number of carbonyl (C=O) groups is 1. The summed E-state index contributed by atoms with van der Waals surface area (Å²) in [6.07, 6.45) is 4.34. The van der Waals surface area contributed by atoms with Gasteiger partial charge in [0.2, 0.25) is 0 Å². The lowest BCUT2D eigenvalue weighted by Crippen LogP contribution is -2.28. The van der Waals surface area contributed by atoms with Crippen LogP contribution < -0.4 is 0 Å². The van der Waals surface area contributed by atoms with Crippen molar-refractivity contribution in [2.75, 3.05) is 13.1 Å². The predicted octanol–water partition coefficient (Wildman–Crippen LogP) is 2.72. The van der Waals surface area contributed by atoms with Crippen LogP contribution >= 0.6 is 0 Å². The van der Waals surface area contributed by atoms with Crippen LogP contribution in [0.1, 0.15) is 23.0 Å². The van der Waals surface area contributed by atoms with Gasteiger partial charge in [-0.1, -0.05) is 12.1 Å². The largest absolute Gasteiger partial charge is 0.459 e. The van der Waals surface area contributed by atoms with E-state index in [9.17, 15) is 4.79 Å². The molecule has 3 aromatic rings. The average molecular weight is 281 g/mol. The summed E-state index contributed by atoms with van der Waals surface area (Å²) >= 11 is 0. The molecule has 0 bridgehead atoms. The third kappa shape index (κ3) is 2.01. The number of aromatic nitrogens is 2. The van der Waals surface area contributed by atoms with Gasteiger partial charge >= 0.3 is 0 Å². The molecule has 106 valence electrons. The zero-order valence-corrected chi connectivity index (χ0v) is 11.5. The summed E-state index contributed by atoms with van der Waals surface area (Å²) in [5.74, 6) is 0.373. The Morgan fingerprint density at radius 2 is 2.14 bits per heavy atom. The molecule has 1 amide bonds. The number of para-hydroxylation sites is 2. The highest BCUT2D eigenvalue weighted by molar-refractivity contribution is 5.91. The van der Waals surface area contributed by atoms with Gasteiger partial charge in [0.15, 0.2) is 5.76 Å². The Bertz CT molecular complexity index is 776. The number of carbonyl (C=O) groups excluding carboxylic acids is 1. The molecule has 1 fully saturated rings. The van der Waals surface area contributed by atoms with Crippen LogP contribution in [0.5, 0.6) is 0 Å². The maximum absolute atomic E-state index is 12.3. The van der Waals surface area contributed by atoms with E-state index in [1.165, 1.54) is 6.26 Å². The van der Waals surface area contributed by atoms with Gasteiger partial charge in [0, 0.05) is 13.1 Å². The molecule has 0 N–H and O–H groups in total. The maximum atomic E-state index is 12.3. The fourth-order valence-corrected chi connectivity index (χ4v) is 2.98. The third-order valence-electron chi connectivity index (χ3n) is 4.06. The Balaban J connectivity index is 1.58. The van der Waals surface area contributed by atoms with Crippen LogP contribution in [0.2, 0.25) is 0 Å². The van der Waals surface area contributed by atoms with Crippen molar-refractivity contribution in [1.82, 2.24) is 14.5 Å². The van der Waals surface area contributed by atoms with Gasteiger partial charge in [-0.3, -0.25) is 4.79 Å². The molecule has 1 aliphatic heterocycles. The molecule has 0 saturated carbocycles. The van der Waals surface area contributed by atoms with E-state index in [2.05, 4.69) is 15.6 Å². The first kappa shape index (κ1) is 12.2. The molecule has 1 atom stereocenters. The van der Waals surface area contributed by atoms with E-state index >= 15 is 0 Å². The van der Waals surface area contributed by atoms with E-state index in [1.54, 1.807) is 12.1 Å². The number of benzene rings is 1. The minimum atomic E-state index is -0.0353. The zero-order chi connectivity index (χ0) is 14.2. The van der Waals surface area contributed by atoms with E-state index in [0.29, 0.717) is 12.3 Å². The van der Waals surface area contributed by atoms with Crippen molar-refractivity contribution in [2.45, 2.75) is 12.5 Å². The lowest BCUT2D eigenvalue weighted by molar-refractivity contribution is 0.0756. The van der Waals surface area contributed by atoms with Crippen LogP contribution in [0.15, 0.2) is 53.4 Å². The minimum Gasteiger partial charge on any atom is -0.459 e. The second-order valence-electron chi connectivity index (χ2n) is 5.31. The van der Waals surface area contributed by atoms with Crippen LogP contribution in [-0.2, 0) is 0 Å². The number of hydrogen-bond donors (Lipinski definition) is 0. The van der Waals surface area contributed by atoms with Crippen molar-refractivity contribution in [3.63, 3.8) is 0 Å². The van der Waals surface area contributed by atoms with Crippen LogP contribution in [0, 0.1) is 0 Å². The van der Waals surface area contributed by atoms with Crippen LogP contribution in [0.4, 0.5) is 0 Å². The molecule has 0 spiro atoms. The molecule has 5 heteroatoms. The van der Waals surface area contributed by atoms with Gasteiger partial charge in [-0.05, 0) is 30.7 Å². The molecule has 21 heavy (non-hydrogen) atoms. The first-order chi connectivity index (χ1) is 10.3. The third-order valence-corrected chi connectivity index (χ3v) is 4.06. The number of fused-ring (bicyclic) bond motifs is 1. The van der Waals surface area contributed by atoms with Crippen molar-refractivity contribution < 1.29 is 9.21 Å². The molecular weight excluding hydrogens is 266 g/mol. The quantitative estimate of drug-likeness (QED) is 0.725. The van der Waals surface area contributed by atoms with Gasteiger partial charge < -0.3 is 13.9 Å². The van der Waals surface area contributed by atoms with Crippen molar-refractivity contribution in [3.8, 4) is 0 Å². The van der Waals surface area contributed by atoms with E-state index in [0.717, 1.165) is 24.0 Å². The van der Waals surface area contributed by atoms with Crippen molar-refractivity contribution in [2.24, 2.45) is 0 Å². The lowest BCUT2D eigenvalue weighted by atomic mass is 10.2. The summed E-state index contributed by atoms with van der Waals surface area (Å²) in [6, 6.07) is 11.8. The molecule has 0 aliphatic carbocycles. The number of likely N-dealkylation sites (tertiary alicyclic amines) is 1. The monoisotopic (exact) mass is 281 g/mol. The topological polar surface area (TPSA) is 51.3 Å². The first-order valence-corrected chi connectivity index (χ1v) is 7.07. The lowest BCUT2D eigenvalue weighted by Gasteiger charge is -2.16. The Labute approximate surface area is 121 Å². The van der Waals surface area contributed by atoms with Gasteiger partial charge in [0.1, 0.15) is 0 Å². The van der Waals surface area contributed by atoms with Crippen molar-refractivity contribution in [3.05, 3.63) is 54.7 Å². The van der Waals surface area contributed by atoms with Crippen LogP contribution in [-0.4, -0.2) is 33.4 Å². The smallest absolute Gasteiger partial charge is 0.289 e. The highest BCUT2D eigenvalue weighted by Gasteiger charge is 2.29. The fourth-order valence-electron chi connectivity index (χ4n) is 2.98. The summed E-state index contributed by atoms with van der Waals surface area (Å²) in [7, 11) is 0. The van der Waals surface area contributed by atoms with E-state index in [-0.39, 0.29) is 11.9 Å². The van der Waals surface area contributed by atoms with Gasteiger partial charge in [-0.25, -0.2) is 4.98 Å². The maximum Gasteiger partial charge on any atom is 0.289 e. The van der Waals surface area contributed by atoms with Crippen molar-refractivity contribution in [1.29, 1.82) is 0 Å². The normalized spacial score (nSPS) is 18.5. The summed E-state index contributed by atoms with van der Waals surface area (Å²) in [5.41, 5.74) is 2.11. The van der Waals surface area contributed by atoms with E-state index < -0.39 is 0 Å². The summed E-state index contributed by atoms with van der Waals surface area (Å²) in [5, 5.41) is 0. The Kier molecular flexibility index (Phi) is 2.77. The first-order valence-electron chi connectivity index (χ1n) is 7.07. The molecule has 1 unspecified atom stereocenters. The second-order valence-corrected chi connectivity index (χ2v) is 5.31. The molecule has 3 heterocycles. The highest BCUT2D eigenvalue weighted by atomic mass is 16.3. The average Bonchev–Trinajstić information content (AvgIpc) is 3.25. The van der Waals surface area contributed by atoms with E-state index in [4.69, 9.17) is 4.42 Å². The number of amides is 1. The minimum absolute atomic E-state index is 0.0353. The van der Waals surface area contributed by atoms with Gasteiger partial charge in [0.05, 0.1) is 29.7 Å². The molecular formula is C16H15N3O2. The van der Waals surface area contributed by atoms with Gasteiger partial charge in [0.25, 0.3) is 5.91 Å². The number of hydrogen-bond acceptors (Lipinski definition) is 3. The molecule has 1 aromatic carbocycles. The summed E-state index contributed by atoms with van der Waals surface area (Å²) < 4.78 is 7.36. The summed E-state index contributed by atoms with van der Waals surface area (Å²) in [6.45, 7) is 1.44. The molecule has 1 aliphatic rings. The highest BCUT2D eigenvalue weighted by Crippen LogP contribution is 2.26. The number of furan rings is 1. The Morgan fingerprint density at radius 1 is 1.24 bits per heavy atom. The Morgan fingerprint density at radius 3 is 3.00 bits per heavy atom. The zero-order valence-electron chi connectivity index (χ0n) is 11.5. The molecule has 5 nitrogen and oxygen atoms in total. The predicted molar refractivity (Wildman–Crippen MR) is 78.0 cm³/mol. The fraction of sp³-hybridized carbons (Fsp3) is 0.250. The van der Waals surface area contributed by atoms with Gasteiger partial charge in [-0.15, -0.1) is 0 Å². The van der Waals surface area contributed by atoms with Crippen LogP contribution in [0.25, 0.3) is 11.0 Å². The molecule has 1 saturated heterocycles. The molecule has 0 radical (unpaired) electrons. The second kappa shape index (κ2) is 4.77. The summed E-state index contributed by atoms with van der Waals surface area (Å²) in [4.78, 5) is 18.6. The number of imidazole rings is 1. The van der Waals surface area contributed by atoms with Crippen molar-refractivity contribution >= 4 is 16.9 Å². The van der Waals surface area contributed by atoms with Gasteiger partial charge in [-0.2, -0.15) is 0 Å². The number of nitrogens with zero attached hydrogens (tertiary/aromatic N) is 3. The molecule has 2 aromatic heterocycles. The van der Waals surface area contributed by atoms with E-state index in [1.807, 2.05) is 29.4 Å². The SMILES string of the molecule is O=C(c1ccco1)N1CCC(n2cnc3ccccc32)C1.